The van der Waals surface area contributed by atoms with E-state index in [4.69, 9.17) is 14.2 Å². The molecule has 0 saturated heterocycles. The average molecular weight is 923 g/mol. The van der Waals surface area contributed by atoms with Crippen molar-refractivity contribution in [3.63, 3.8) is 0 Å². The number of esters is 3. The third-order valence-electron chi connectivity index (χ3n) is 10.4. The molecule has 6 heteroatoms. The maximum atomic E-state index is 12.8. The van der Waals surface area contributed by atoms with Crippen molar-refractivity contribution in [1.82, 2.24) is 0 Å². The Hall–Kier alpha value is -4.71. The van der Waals surface area contributed by atoms with E-state index in [1.807, 2.05) is 24.3 Å². The largest absolute Gasteiger partial charge is 0.462 e. The third kappa shape index (κ3) is 52.1. The van der Waals surface area contributed by atoms with Crippen LogP contribution in [-0.4, -0.2) is 37.2 Å². The second-order valence-electron chi connectivity index (χ2n) is 16.7. The van der Waals surface area contributed by atoms with Crippen LogP contribution in [0.1, 0.15) is 201 Å². The van der Waals surface area contributed by atoms with Crippen molar-refractivity contribution in [2.24, 2.45) is 0 Å². The van der Waals surface area contributed by atoms with Gasteiger partial charge in [-0.15, -0.1) is 0 Å². The number of allylic oxidation sites excluding steroid dienone is 24. The molecule has 0 rings (SSSR count). The van der Waals surface area contributed by atoms with Crippen LogP contribution >= 0.6 is 0 Å². The van der Waals surface area contributed by atoms with Crippen molar-refractivity contribution in [3.05, 3.63) is 146 Å². The first kappa shape index (κ1) is 62.3. The minimum absolute atomic E-state index is 0.136. The van der Waals surface area contributed by atoms with Gasteiger partial charge in [0.25, 0.3) is 0 Å². The van der Waals surface area contributed by atoms with Crippen LogP contribution in [0.25, 0.3) is 0 Å². The van der Waals surface area contributed by atoms with Gasteiger partial charge in [-0.2, -0.15) is 0 Å². The summed E-state index contributed by atoms with van der Waals surface area (Å²) in [7, 11) is 0. The second kappa shape index (κ2) is 53.9. The fraction of sp³-hybridized carbons (Fsp3) is 0.557. The Balaban J connectivity index is 4.63. The Morgan fingerprint density at radius 3 is 0.910 bits per heavy atom. The fourth-order valence-corrected chi connectivity index (χ4v) is 6.49. The van der Waals surface area contributed by atoms with E-state index < -0.39 is 12.1 Å². The summed E-state index contributed by atoms with van der Waals surface area (Å²) in [4.78, 5) is 37.9. The molecule has 0 unspecified atom stereocenters. The molecule has 0 amide bonds. The first-order chi connectivity index (χ1) is 33.0. The van der Waals surface area contributed by atoms with Crippen LogP contribution < -0.4 is 0 Å². The van der Waals surface area contributed by atoms with Crippen molar-refractivity contribution >= 4 is 17.9 Å². The zero-order valence-corrected chi connectivity index (χ0v) is 42.6. The lowest BCUT2D eigenvalue weighted by Crippen LogP contribution is -2.30. The highest BCUT2D eigenvalue weighted by molar-refractivity contribution is 5.71. The number of ether oxygens (including phenoxy) is 3. The maximum Gasteiger partial charge on any atom is 0.306 e. The molecule has 374 valence electrons. The van der Waals surface area contributed by atoms with Crippen LogP contribution in [0.4, 0.5) is 0 Å². The molecular formula is C61H94O6. The molecular weight excluding hydrogens is 829 g/mol. The molecule has 0 saturated carbocycles. The summed E-state index contributed by atoms with van der Waals surface area (Å²) in [6, 6.07) is 0. The zero-order chi connectivity index (χ0) is 48.6. The second-order valence-corrected chi connectivity index (χ2v) is 16.7. The summed E-state index contributed by atoms with van der Waals surface area (Å²) < 4.78 is 16.6. The van der Waals surface area contributed by atoms with E-state index in [-0.39, 0.29) is 38.0 Å². The van der Waals surface area contributed by atoms with Gasteiger partial charge in [0.05, 0.1) is 0 Å². The normalized spacial score (nSPS) is 13.3. The van der Waals surface area contributed by atoms with Crippen LogP contribution in [0.5, 0.6) is 0 Å². The van der Waals surface area contributed by atoms with E-state index in [0.717, 1.165) is 96.3 Å². The van der Waals surface area contributed by atoms with Gasteiger partial charge in [-0.1, -0.05) is 231 Å². The number of hydrogen-bond acceptors (Lipinski definition) is 6. The minimum Gasteiger partial charge on any atom is -0.462 e. The summed E-state index contributed by atoms with van der Waals surface area (Å²) in [5.74, 6) is -1.12. The van der Waals surface area contributed by atoms with Gasteiger partial charge in [-0.3, -0.25) is 14.4 Å². The standard InChI is InChI=1S/C61H94O6/c1-4-7-10-13-16-19-22-24-26-28-30-32-34-36-39-42-45-48-51-54-60(63)66-57-58(56-65-59(62)53-50-47-44-41-38-21-18-15-12-9-6-3)67-61(64)55-52-49-46-43-40-37-35-33-31-29-27-25-23-20-17-14-11-8-5-2/h7-8,10-11,16-17,19-20,24-27,30-33,36-37,39-40,45-46,48-49,58H,4-6,9,12-15,18,21-23,28-29,34-35,38,41-44,47,50-57H2,1-3H3/b10-7-,11-8-,19-16-,20-17-,26-24-,27-25-,32-30-,33-31-,39-36-,40-37-,48-45-,49-46-/t58-/m0/s1. The first-order valence-electron chi connectivity index (χ1n) is 26.3. The number of unbranched alkanes of at least 4 members (excludes halogenated alkanes) is 10. The number of rotatable bonds is 45. The van der Waals surface area contributed by atoms with Gasteiger partial charge in [-0.05, 0) is 96.3 Å². The predicted molar refractivity (Wildman–Crippen MR) is 288 cm³/mol. The number of carbonyl (C=O) groups excluding carboxylic acids is 3. The summed E-state index contributed by atoms with van der Waals surface area (Å²) in [5.41, 5.74) is 0. The smallest absolute Gasteiger partial charge is 0.306 e. The molecule has 0 aliphatic heterocycles. The Morgan fingerprint density at radius 2 is 0.582 bits per heavy atom. The molecule has 0 aromatic heterocycles. The highest BCUT2D eigenvalue weighted by atomic mass is 16.6. The van der Waals surface area contributed by atoms with Crippen LogP contribution in [0.3, 0.4) is 0 Å². The molecule has 0 aromatic rings. The van der Waals surface area contributed by atoms with Gasteiger partial charge in [-0.25, -0.2) is 0 Å². The number of hydrogen-bond donors (Lipinski definition) is 0. The monoisotopic (exact) mass is 923 g/mol. The molecule has 0 heterocycles. The van der Waals surface area contributed by atoms with Crippen LogP contribution in [-0.2, 0) is 28.6 Å². The minimum atomic E-state index is -0.853. The highest BCUT2D eigenvalue weighted by Crippen LogP contribution is 2.13. The van der Waals surface area contributed by atoms with E-state index in [0.29, 0.717) is 19.3 Å². The molecule has 0 bridgehead atoms. The van der Waals surface area contributed by atoms with Gasteiger partial charge >= 0.3 is 17.9 Å². The summed E-state index contributed by atoms with van der Waals surface area (Å²) >= 11 is 0. The van der Waals surface area contributed by atoms with E-state index >= 15 is 0 Å². The lowest BCUT2D eigenvalue weighted by atomic mass is 10.1. The Kier molecular flexibility index (Phi) is 50.1. The van der Waals surface area contributed by atoms with Crippen molar-refractivity contribution in [2.45, 2.75) is 207 Å². The van der Waals surface area contributed by atoms with Crippen molar-refractivity contribution in [1.29, 1.82) is 0 Å². The van der Waals surface area contributed by atoms with Gasteiger partial charge in [0.2, 0.25) is 0 Å². The Morgan fingerprint density at radius 1 is 0.313 bits per heavy atom. The first-order valence-corrected chi connectivity index (χ1v) is 26.3. The fourth-order valence-electron chi connectivity index (χ4n) is 6.49. The van der Waals surface area contributed by atoms with E-state index in [9.17, 15) is 14.4 Å². The van der Waals surface area contributed by atoms with Crippen molar-refractivity contribution in [3.8, 4) is 0 Å². The quantitative estimate of drug-likeness (QED) is 0.0262. The maximum absolute atomic E-state index is 12.8. The average Bonchev–Trinajstić information content (AvgIpc) is 3.33. The number of carbonyl (C=O) groups is 3. The third-order valence-corrected chi connectivity index (χ3v) is 10.4. The van der Waals surface area contributed by atoms with Gasteiger partial charge < -0.3 is 14.2 Å². The van der Waals surface area contributed by atoms with Crippen LogP contribution in [0, 0.1) is 0 Å². The molecule has 6 nitrogen and oxygen atoms in total. The molecule has 1 atom stereocenters. The molecule has 0 spiro atoms. The molecule has 0 radical (unpaired) electrons. The summed E-state index contributed by atoms with van der Waals surface area (Å²) in [6.45, 7) is 6.25. The molecule has 0 fully saturated rings. The van der Waals surface area contributed by atoms with E-state index in [1.54, 1.807) is 0 Å². The summed E-state index contributed by atoms with van der Waals surface area (Å²) in [6.07, 6.45) is 77.1. The molecule has 0 aromatic carbocycles. The van der Waals surface area contributed by atoms with Gasteiger partial charge in [0.1, 0.15) is 13.2 Å². The highest BCUT2D eigenvalue weighted by Gasteiger charge is 2.19. The topological polar surface area (TPSA) is 78.9 Å². The molecule has 0 aliphatic rings. The Bertz CT molecular complexity index is 1530. The molecule has 0 N–H and O–H groups in total. The SMILES string of the molecule is CC/C=C\C/C=C\C/C=C\C/C=C\C/C=C\C/C=C\CCC(=O)OC[C@H](COC(=O)CCCCCCCCCCCCC)OC(=O)CC/C=C\C/C=C\C/C=C\C/C=C\C/C=C\C/C=C\CC. The zero-order valence-electron chi connectivity index (χ0n) is 42.6. The van der Waals surface area contributed by atoms with Crippen molar-refractivity contribution in [2.75, 3.05) is 13.2 Å². The van der Waals surface area contributed by atoms with Gasteiger partial charge in [0, 0.05) is 19.3 Å². The Labute approximate surface area is 410 Å². The van der Waals surface area contributed by atoms with Gasteiger partial charge in [0.15, 0.2) is 6.10 Å². The lowest BCUT2D eigenvalue weighted by Gasteiger charge is -2.18. The van der Waals surface area contributed by atoms with Crippen LogP contribution in [0.15, 0.2) is 146 Å². The molecule has 0 aliphatic carbocycles. The molecule has 67 heavy (non-hydrogen) atoms. The summed E-state index contributed by atoms with van der Waals surface area (Å²) in [5, 5.41) is 0. The van der Waals surface area contributed by atoms with E-state index in [1.165, 1.54) is 51.4 Å². The van der Waals surface area contributed by atoms with Crippen molar-refractivity contribution < 1.29 is 28.6 Å². The van der Waals surface area contributed by atoms with Crippen LogP contribution in [0.2, 0.25) is 0 Å². The van der Waals surface area contributed by atoms with E-state index in [2.05, 4.69) is 142 Å². The lowest BCUT2D eigenvalue weighted by molar-refractivity contribution is -0.166. The predicted octanol–water partition coefficient (Wildman–Crippen LogP) is 17.6.